The number of piperidine rings is 1. The molecule has 24 heavy (non-hydrogen) atoms. The van der Waals surface area contributed by atoms with E-state index in [0.29, 0.717) is 19.7 Å². The molecule has 136 valence electrons. The Morgan fingerprint density at radius 1 is 1.50 bits per heavy atom. The number of halogens is 1. The van der Waals surface area contributed by atoms with Gasteiger partial charge in [0.15, 0.2) is 11.8 Å². The van der Waals surface area contributed by atoms with Gasteiger partial charge in [-0.3, -0.25) is 4.79 Å². The van der Waals surface area contributed by atoms with Crippen molar-refractivity contribution in [1.29, 1.82) is 0 Å². The number of esters is 1. The van der Waals surface area contributed by atoms with Gasteiger partial charge in [-0.2, -0.15) is 0 Å². The number of carbonyl (C=O) groups is 1. The second kappa shape index (κ2) is 10.5. The number of hydrogen-bond donors (Lipinski definition) is 1. The van der Waals surface area contributed by atoms with E-state index in [1.807, 2.05) is 25.5 Å². The molecule has 0 saturated carbocycles. The summed E-state index contributed by atoms with van der Waals surface area (Å²) in [4.78, 5) is 18.7. The van der Waals surface area contributed by atoms with E-state index in [-0.39, 0.29) is 35.9 Å². The van der Waals surface area contributed by atoms with Crippen molar-refractivity contribution in [1.82, 2.24) is 25.0 Å². The molecule has 1 aliphatic rings. The largest absolute Gasteiger partial charge is 0.466 e. The summed E-state index contributed by atoms with van der Waals surface area (Å²) in [5.41, 5.74) is 0. The number of nitrogens with zero attached hydrogens (tertiary/aromatic N) is 5. The van der Waals surface area contributed by atoms with Crippen LogP contribution in [0.15, 0.2) is 11.3 Å². The zero-order valence-corrected chi connectivity index (χ0v) is 16.9. The van der Waals surface area contributed by atoms with Crippen molar-refractivity contribution in [2.75, 3.05) is 26.2 Å². The van der Waals surface area contributed by atoms with Crippen LogP contribution >= 0.6 is 24.0 Å². The molecule has 9 heteroatoms. The summed E-state index contributed by atoms with van der Waals surface area (Å²) < 4.78 is 7.01. The molecule has 1 aliphatic heterocycles. The molecule has 0 aliphatic carbocycles. The maximum absolute atomic E-state index is 12.0. The molecule has 1 unspecified atom stereocenters. The third kappa shape index (κ3) is 5.60. The fourth-order valence-corrected chi connectivity index (χ4v) is 2.64. The molecule has 8 nitrogen and oxygen atoms in total. The predicted octanol–water partition coefficient (Wildman–Crippen LogP) is 1.17. The Kier molecular flexibility index (Phi) is 9.01. The molecule has 2 rings (SSSR count). The highest BCUT2D eigenvalue weighted by molar-refractivity contribution is 14.0. The minimum atomic E-state index is -0.110. The zero-order chi connectivity index (χ0) is 16.7. The van der Waals surface area contributed by atoms with Crippen LogP contribution in [0, 0.1) is 5.92 Å². The average molecular weight is 450 g/mol. The molecule has 0 spiro atoms. The lowest BCUT2D eigenvalue weighted by Gasteiger charge is -2.34. The zero-order valence-electron chi connectivity index (χ0n) is 14.6. The first-order valence-corrected chi connectivity index (χ1v) is 8.18. The summed E-state index contributed by atoms with van der Waals surface area (Å²) in [6.45, 7) is 7.06. The van der Waals surface area contributed by atoms with Gasteiger partial charge in [0.05, 0.1) is 12.5 Å². The lowest BCUT2D eigenvalue weighted by atomic mass is 9.98. The van der Waals surface area contributed by atoms with Crippen LogP contribution in [0.1, 0.15) is 32.5 Å². The van der Waals surface area contributed by atoms with Crippen LogP contribution in [0.5, 0.6) is 0 Å². The molecule has 0 bridgehead atoms. The first kappa shape index (κ1) is 20.7. The number of ether oxygens (including phenoxy) is 1. The summed E-state index contributed by atoms with van der Waals surface area (Å²) in [5.74, 6) is 1.42. The fraction of sp³-hybridized carbons (Fsp3) is 0.733. The van der Waals surface area contributed by atoms with E-state index >= 15 is 0 Å². The molecular formula is C15H27IN6O2. The van der Waals surface area contributed by atoms with Gasteiger partial charge in [0.2, 0.25) is 0 Å². The van der Waals surface area contributed by atoms with E-state index in [2.05, 4.69) is 25.4 Å². The molecule has 1 N–H and O–H groups in total. The molecule has 1 saturated heterocycles. The van der Waals surface area contributed by atoms with Gasteiger partial charge in [-0.05, 0) is 26.7 Å². The number of nitrogens with one attached hydrogen (secondary N) is 1. The van der Waals surface area contributed by atoms with Crippen molar-refractivity contribution in [2.24, 2.45) is 18.0 Å². The number of aliphatic imine (C=N–C) groups is 1. The highest BCUT2D eigenvalue weighted by Crippen LogP contribution is 2.18. The number of aromatic nitrogens is 3. The number of likely N-dealkylation sites (tertiary alicyclic amines) is 1. The van der Waals surface area contributed by atoms with E-state index in [4.69, 9.17) is 4.74 Å². The van der Waals surface area contributed by atoms with Gasteiger partial charge in [0.25, 0.3) is 0 Å². The van der Waals surface area contributed by atoms with Crippen LogP contribution in [0.2, 0.25) is 0 Å². The Balaban J connectivity index is 0.00000288. The Morgan fingerprint density at radius 2 is 2.29 bits per heavy atom. The average Bonchev–Trinajstić information content (AvgIpc) is 2.97. The molecule has 0 aromatic carbocycles. The molecular weight excluding hydrogens is 423 g/mol. The molecule has 1 aromatic rings. The van der Waals surface area contributed by atoms with Crippen molar-refractivity contribution < 1.29 is 9.53 Å². The van der Waals surface area contributed by atoms with Crippen LogP contribution < -0.4 is 5.32 Å². The highest BCUT2D eigenvalue weighted by Gasteiger charge is 2.28. The SMILES string of the molecule is CCNC(=NCc1nncn1C)N1CCCC(C(=O)OCC)C1.I. The van der Waals surface area contributed by atoms with Gasteiger partial charge in [0.1, 0.15) is 12.9 Å². The molecule has 0 amide bonds. The summed E-state index contributed by atoms with van der Waals surface area (Å²) in [6, 6.07) is 0. The van der Waals surface area contributed by atoms with Crippen molar-refractivity contribution in [3.05, 3.63) is 12.2 Å². The maximum Gasteiger partial charge on any atom is 0.310 e. The van der Waals surface area contributed by atoms with Crippen molar-refractivity contribution in [3.63, 3.8) is 0 Å². The van der Waals surface area contributed by atoms with Gasteiger partial charge in [-0.25, -0.2) is 4.99 Å². The third-order valence-electron chi connectivity index (χ3n) is 3.85. The van der Waals surface area contributed by atoms with E-state index in [0.717, 1.165) is 37.7 Å². The van der Waals surface area contributed by atoms with Crippen molar-refractivity contribution >= 4 is 35.9 Å². The number of carbonyl (C=O) groups excluding carboxylic acids is 1. The predicted molar refractivity (Wildman–Crippen MR) is 102 cm³/mol. The second-order valence-electron chi connectivity index (χ2n) is 5.57. The fourth-order valence-electron chi connectivity index (χ4n) is 2.64. The smallest absolute Gasteiger partial charge is 0.310 e. The molecule has 2 heterocycles. The van der Waals surface area contributed by atoms with Crippen molar-refractivity contribution in [3.8, 4) is 0 Å². The van der Waals surface area contributed by atoms with E-state index in [9.17, 15) is 4.79 Å². The second-order valence-corrected chi connectivity index (χ2v) is 5.57. The minimum absolute atomic E-state index is 0. The lowest BCUT2D eigenvalue weighted by molar-refractivity contribution is -0.149. The normalized spacial score (nSPS) is 18.0. The number of guanidine groups is 1. The maximum atomic E-state index is 12.0. The van der Waals surface area contributed by atoms with Crippen LogP contribution in [0.3, 0.4) is 0 Å². The number of aryl methyl sites for hydroxylation is 1. The van der Waals surface area contributed by atoms with Crippen LogP contribution in [-0.4, -0.2) is 57.8 Å². The van der Waals surface area contributed by atoms with Gasteiger partial charge < -0.3 is 19.5 Å². The summed E-state index contributed by atoms with van der Waals surface area (Å²) in [7, 11) is 1.90. The molecule has 1 fully saturated rings. The standard InChI is InChI=1S/C15H26N6O2.HI/c1-4-16-15(17-9-13-19-18-11-20(13)3)21-8-6-7-12(10-21)14(22)23-5-2;/h11-12H,4-10H2,1-3H3,(H,16,17);1H. The van der Waals surface area contributed by atoms with Gasteiger partial charge in [-0.15, -0.1) is 34.2 Å². The molecule has 0 radical (unpaired) electrons. The first-order chi connectivity index (χ1) is 11.2. The summed E-state index contributed by atoms with van der Waals surface area (Å²) in [5, 5.41) is 11.2. The van der Waals surface area contributed by atoms with Gasteiger partial charge in [-0.1, -0.05) is 0 Å². The summed E-state index contributed by atoms with van der Waals surface area (Å²) >= 11 is 0. The topological polar surface area (TPSA) is 84.6 Å². The van der Waals surface area contributed by atoms with Crippen LogP contribution in [0.4, 0.5) is 0 Å². The number of hydrogen-bond acceptors (Lipinski definition) is 5. The highest BCUT2D eigenvalue weighted by atomic mass is 127. The Labute approximate surface area is 160 Å². The van der Waals surface area contributed by atoms with Crippen LogP contribution in [-0.2, 0) is 23.1 Å². The first-order valence-electron chi connectivity index (χ1n) is 8.18. The van der Waals surface area contributed by atoms with Gasteiger partial charge in [0, 0.05) is 26.7 Å². The van der Waals surface area contributed by atoms with Crippen LogP contribution in [0.25, 0.3) is 0 Å². The molecule has 1 atom stereocenters. The Morgan fingerprint density at radius 3 is 2.92 bits per heavy atom. The van der Waals surface area contributed by atoms with E-state index in [1.54, 1.807) is 6.33 Å². The monoisotopic (exact) mass is 450 g/mol. The summed E-state index contributed by atoms with van der Waals surface area (Å²) in [6.07, 6.45) is 3.49. The quantitative estimate of drug-likeness (QED) is 0.314. The number of rotatable bonds is 5. The lowest BCUT2D eigenvalue weighted by Crippen LogP contribution is -2.48. The van der Waals surface area contributed by atoms with Crippen molar-refractivity contribution in [2.45, 2.75) is 33.2 Å². The van der Waals surface area contributed by atoms with E-state index < -0.39 is 0 Å². The third-order valence-corrected chi connectivity index (χ3v) is 3.85. The molecule has 1 aromatic heterocycles. The minimum Gasteiger partial charge on any atom is -0.466 e. The van der Waals surface area contributed by atoms with Gasteiger partial charge >= 0.3 is 5.97 Å². The Hall–Kier alpha value is -1.39. The van der Waals surface area contributed by atoms with E-state index in [1.165, 1.54) is 0 Å². The Bertz CT molecular complexity index is 548.